The first-order valence-electron chi connectivity index (χ1n) is 8.03. The highest BCUT2D eigenvalue weighted by atomic mass is 35.5. The molecule has 0 spiro atoms. The number of methoxy groups -OCH3 is 1. The van der Waals surface area contributed by atoms with Crippen LogP contribution in [0.15, 0.2) is 67.0 Å². The molecular weight excluding hydrogens is 366 g/mol. The van der Waals surface area contributed by atoms with Gasteiger partial charge in [-0.05, 0) is 54.6 Å². The maximum absolute atomic E-state index is 12.1. The average Bonchev–Trinajstić information content (AvgIpc) is 2.71. The monoisotopic (exact) mass is 381 g/mol. The number of hydrogen-bond donors (Lipinski definition) is 2. The van der Waals surface area contributed by atoms with Crippen molar-refractivity contribution in [2.24, 2.45) is 0 Å². The molecule has 6 nitrogen and oxygen atoms in total. The minimum absolute atomic E-state index is 0.238. The van der Waals surface area contributed by atoms with Crippen LogP contribution in [0, 0.1) is 0 Å². The molecular formula is C20H16ClN3O3. The van der Waals surface area contributed by atoms with Crippen molar-refractivity contribution in [3.63, 3.8) is 0 Å². The van der Waals surface area contributed by atoms with E-state index in [1.54, 1.807) is 60.8 Å². The van der Waals surface area contributed by atoms with Crippen LogP contribution in [0.4, 0.5) is 17.1 Å². The number of carbonyl (C=O) groups is 2. The largest absolute Gasteiger partial charge is 0.465 e. The molecule has 0 aliphatic carbocycles. The molecule has 2 N–H and O–H groups in total. The van der Waals surface area contributed by atoms with Crippen molar-refractivity contribution < 1.29 is 14.3 Å². The lowest BCUT2D eigenvalue weighted by atomic mass is 10.2. The van der Waals surface area contributed by atoms with Gasteiger partial charge in [0.05, 0.1) is 28.9 Å². The lowest BCUT2D eigenvalue weighted by molar-refractivity contribution is 0.0600. The molecule has 0 bridgehead atoms. The summed E-state index contributed by atoms with van der Waals surface area (Å²) in [6, 6.07) is 15.3. The molecule has 0 aliphatic rings. The van der Waals surface area contributed by atoms with Gasteiger partial charge in [-0.2, -0.15) is 0 Å². The van der Waals surface area contributed by atoms with Crippen molar-refractivity contribution in [2.75, 3.05) is 17.7 Å². The van der Waals surface area contributed by atoms with Gasteiger partial charge in [-0.15, -0.1) is 0 Å². The number of rotatable bonds is 5. The van der Waals surface area contributed by atoms with Crippen LogP contribution >= 0.6 is 11.6 Å². The molecule has 1 amide bonds. The Hall–Kier alpha value is -3.38. The van der Waals surface area contributed by atoms with Gasteiger partial charge in [0.2, 0.25) is 0 Å². The molecule has 3 aromatic rings. The lowest BCUT2D eigenvalue weighted by Gasteiger charge is -2.11. The van der Waals surface area contributed by atoms with Crippen molar-refractivity contribution in [1.29, 1.82) is 0 Å². The Labute approximate surface area is 161 Å². The molecule has 0 aliphatic heterocycles. The Bertz CT molecular complexity index is 960. The number of ether oxygens (including phenoxy) is 1. The summed E-state index contributed by atoms with van der Waals surface area (Å²) in [5, 5.41) is 6.41. The van der Waals surface area contributed by atoms with Gasteiger partial charge in [-0.1, -0.05) is 11.6 Å². The van der Waals surface area contributed by atoms with E-state index in [1.165, 1.54) is 13.3 Å². The number of hydrogen-bond acceptors (Lipinski definition) is 5. The van der Waals surface area contributed by atoms with Crippen molar-refractivity contribution in [3.05, 3.63) is 83.1 Å². The number of aromatic nitrogens is 1. The van der Waals surface area contributed by atoms with Crippen LogP contribution in [0.1, 0.15) is 20.7 Å². The zero-order valence-electron chi connectivity index (χ0n) is 14.4. The van der Waals surface area contributed by atoms with Gasteiger partial charge >= 0.3 is 5.97 Å². The number of anilines is 3. The van der Waals surface area contributed by atoms with E-state index in [0.717, 1.165) is 5.69 Å². The van der Waals surface area contributed by atoms with Crippen molar-refractivity contribution >= 4 is 40.5 Å². The van der Waals surface area contributed by atoms with Crippen LogP contribution in [0.2, 0.25) is 5.02 Å². The second-order valence-corrected chi connectivity index (χ2v) is 5.99. The molecule has 0 unspecified atom stereocenters. The van der Waals surface area contributed by atoms with E-state index in [1.807, 2.05) is 0 Å². The summed E-state index contributed by atoms with van der Waals surface area (Å²) < 4.78 is 4.72. The predicted octanol–water partition coefficient (Wildman–Crippen LogP) is 4.52. The van der Waals surface area contributed by atoms with E-state index in [9.17, 15) is 9.59 Å². The second-order valence-electron chi connectivity index (χ2n) is 5.58. The van der Waals surface area contributed by atoms with Crippen molar-refractivity contribution in [2.45, 2.75) is 0 Å². The number of carbonyl (C=O) groups excluding carboxylic acids is 2. The van der Waals surface area contributed by atoms with E-state index in [-0.39, 0.29) is 5.91 Å². The lowest BCUT2D eigenvalue weighted by Crippen LogP contribution is -2.11. The number of esters is 1. The molecule has 0 fully saturated rings. The van der Waals surface area contributed by atoms with Gasteiger partial charge < -0.3 is 15.4 Å². The second kappa shape index (κ2) is 8.33. The highest BCUT2D eigenvalue weighted by molar-refractivity contribution is 6.33. The van der Waals surface area contributed by atoms with Crippen LogP contribution in [0.25, 0.3) is 0 Å². The van der Waals surface area contributed by atoms with Gasteiger partial charge in [0.1, 0.15) is 0 Å². The topological polar surface area (TPSA) is 80.3 Å². The highest BCUT2D eigenvalue weighted by Crippen LogP contribution is 2.27. The van der Waals surface area contributed by atoms with Crippen LogP contribution in [-0.4, -0.2) is 24.0 Å². The normalized spacial score (nSPS) is 10.1. The van der Waals surface area contributed by atoms with Crippen LogP contribution in [-0.2, 0) is 4.74 Å². The predicted molar refractivity (Wildman–Crippen MR) is 105 cm³/mol. The third-order valence-electron chi connectivity index (χ3n) is 3.73. The SMILES string of the molecule is COC(=O)c1ccc(Cl)c(Nc2ccc(NC(=O)c3cccnc3)cc2)c1. The third-order valence-corrected chi connectivity index (χ3v) is 4.06. The summed E-state index contributed by atoms with van der Waals surface area (Å²) in [6.45, 7) is 0. The van der Waals surface area contributed by atoms with Gasteiger partial charge in [0.15, 0.2) is 0 Å². The minimum atomic E-state index is -0.442. The highest BCUT2D eigenvalue weighted by Gasteiger charge is 2.10. The molecule has 0 saturated heterocycles. The Balaban J connectivity index is 1.71. The minimum Gasteiger partial charge on any atom is -0.465 e. The Morgan fingerprint density at radius 3 is 2.41 bits per heavy atom. The first-order valence-corrected chi connectivity index (χ1v) is 8.41. The number of amides is 1. The summed E-state index contributed by atoms with van der Waals surface area (Å²) in [7, 11) is 1.32. The van der Waals surface area contributed by atoms with Gasteiger partial charge in [0.25, 0.3) is 5.91 Å². The molecule has 27 heavy (non-hydrogen) atoms. The summed E-state index contributed by atoms with van der Waals surface area (Å²) in [5.41, 5.74) is 2.84. The van der Waals surface area contributed by atoms with E-state index in [2.05, 4.69) is 15.6 Å². The van der Waals surface area contributed by atoms with Crippen LogP contribution < -0.4 is 10.6 Å². The van der Waals surface area contributed by atoms with Crippen molar-refractivity contribution in [3.8, 4) is 0 Å². The molecule has 0 radical (unpaired) electrons. The fourth-order valence-corrected chi connectivity index (χ4v) is 2.52. The van der Waals surface area contributed by atoms with Crippen LogP contribution in [0.3, 0.4) is 0 Å². The smallest absolute Gasteiger partial charge is 0.337 e. The van der Waals surface area contributed by atoms with Crippen LogP contribution in [0.5, 0.6) is 0 Å². The summed E-state index contributed by atoms with van der Waals surface area (Å²) in [4.78, 5) is 27.7. The Morgan fingerprint density at radius 1 is 1.00 bits per heavy atom. The van der Waals surface area contributed by atoms with E-state index in [4.69, 9.17) is 16.3 Å². The summed E-state index contributed by atoms with van der Waals surface area (Å²) >= 11 is 6.18. The number of nitrogens with one attached hydrogen (secondary N) is 2. The number of benzene rings is 2. The zero-order valence-corrected chi connectivity index (χ0v) is 15.2. The average molecular weight is 382 g/mol. The zero-order chi connectivity index (χ0) is 19.2. The molecule has 2 aromatic carbocycles. The summed E-state index contributed by atoms with van der Waals surface area (Å²) in [5.74, 6) is -0.680. The molecule has 0 atom stereocenters. The molecule has 3 rings (SSSR count). The molecule has 1 aromatic heterocycles. The molecule has 0 saturated carbocycles. The maximum Gasteiger partial charge on any atom is 0.337 e. The first-order chi connectivity index (χ1) is 13.1. The maximum atomic E-state index is 12.1. The fraction of sp³-hybridized carbons (Fsp3) is 0.0500. The Kier molecular flexibility index (Phi) is 5.68. The summed E-state index contributed by atoms with van der Waals surface area (Å²) in [6.07, 6.45) is 3.11. The Morgan fingerprint density at radius 2 is 1.74 bits per heavy atom. The van der Waals surface area contributed by atoms with Gasteiger partial charge in [-0.25, -0.2) is 4.79 Å². The quantitative estimate of drug-likeness (QED) is 0.635. The number of nitrogens with zero attached hydrogens (tertiary/aromatic N) is 1. The van der Waals surface area contributed by atoms with E-state index >= 15 is 0 Å². The molecule has 136 valence electrons. The third kappa shape index (κ3) is 4.62. The first kappa shape index (κ1) is 18.4. The standard InChI is InChI=1S/C20H16ClN3O3/c1-27-20(26)13-4-9-17(21)18(11-13)23-15-5-7-16(8-6-15)24-19(25)14-3-2-10-22-12-14/h2-12,23H,1H3,(H,24,25). The number of halogens is 1. The van der Waals surface area contributed by atoms with Crippen molar-refractivity contribution in [1.82, 2.24) is 4.98 Å². The molecule has 1 heterocycles. The number of pyridine rings is 1. The van der Waals surface area contributed by atoms with Gasteiger partial charge in [-0.3, -0.25) is 9.78 Å². The van der Waals surface area contributed by atoms with E-state index < -0.39 is 5.97 Å². The van der Waals surface area contributed by atoms with E-state index in [0.29, 0.717) is 27.5 Å². The van der Waals surface area contributed by atoms with Gasteiger partial charge in [0, 0.05) is 23.8 Å². The molecule has 7 heteroatoms. The fourth-order valence-electron chi connectivity index (χ4n) is 2.36.